The van der Waals surface area contributed by atoms with Gasteiger partial charge in [0.15, 0.2) is 6.29 Å². The summed E-state index contributed by atoms with van der Waals surface area (Å²) in [5.41, 5.74) is -0.287. The average molecular weight is 188 g/mol. The molecule has 0 aromatic heterocycles. The first kappa shape index (κ1) is 11.6. The highest BCUT2D eigenvalue weighted by atomic mass is 16.7. The van der Waals surface area contributed by atoms with Gasteiger partial charge in [-0.25, -0.2) is 4.79 Å². The lowest BCUT2D eigenvalue weighted by Crippen LogP contribution is -2.28. The number of carbonyl (C=O) groups excluding carboxylic acids is 2. The molecule has 0 aliphatic carbocycles. The molecule has 0 saturated carbocycles. The third kappa shape index (κ3) is 4.97. The number of aldehydes is 1. The van der Waals surface area contributed by atoms with Crippen LogP contribution in [0.4, 0.5) is 0 Å². The summed E-state index contributed by atoms with van der Waals surface area (Å²) in [5.74, 6) is -2.53. The van der Waals surface area contributed by atoms with Gasteiger partial charge in [-0.15, -0.1) is 0 Å². The summed E-state index contributed by atoms with van der Waals surface area (Å²) in [6, 6.07) is 0. The average Bonchev–Trinajstić information content (AvgIpc) is 1.96. The lowest BCUT2D eigenvalue weighted by atomic mass is 10.3. The van der Waals surface area contributed by atoms with Crippen LogP contribution < -0.4 is 0 Å². The number of rotatable bonds is 4. The molecule has 0 aromatic carbocycles. The standard InChI is InChI=1S/C8H12O5/c1-8(2,11)13-7(10)6(4-9)5-12-3/h4-5,11H,1-3H3. The Morgan fingerprint density at radius 2 is 2.00 bits per heavy atom. The number of carbonyl (C=O) groups is 2. The third-order valence-electron chi connectivity index (χ3n) is 0.950. The highest BCUT2D eigenvalue weighted by Crippen LogP contribution is 2.06. The predicted octanol–water partition coefficient (Wildman–Crippen LogP) is -0.0128. The van der Waals surface area contributed by atoms with Crippen molar-refractivity contribution in [2.75, 3.05) is 7.11 Å². The zero-order chi connectivity index (χ0) is 10.5. The number of esters is 1. The zero-order valence-electron chi connectivity index (χ0n) is 7.73. The fraction of sp³-hybridized carbons (Fsp3) is 0.500. The van der Waals surface area contributed by atoms with E-state index in [4.69, 9.17) is 5.11 Å². The van der Waals surface area contributed by atoms with E-state index in [-0.39, 0.29) is 11.9 Å². The van der Waals surface area contributed by atoms with Crippen LogP contribution in [0.15, 0.2) is 11.8 Å². The Morgan fingerprint density at radius 3 is 2.31 bits per heavy atom. The lowest BCUT2D eigenvalue weighted by molar-refractivity contribution is -0.190. The molecule has 0 aliphatic heterocycles. The van der Waals surface area contributed by atoms with Crippen molar-refractivity contribution in [3.8, 4) is 0 Å². The minimum atomic E-state index is -1.60. The molecule has 0 fully saturated rings. The normalized spacial score (nSPS) is 12.2. The van der Waals surface area contributed by atoms with E-state index in [0.717, 1.165) is 6.26 Å². The van der Waals surface area contributed by atoms with Crippen LogP contribution in [-0.4, -0.2) is 30.3 Å². The molecule has 0 amide bonds. The maximum atomic E-state index is 11.0. The molecule has 0 saturated heterocycles. The number of hydrogen-bond acceptors (Lipinski definition) is 5. The Hall–Kier alpha value is -1.36. The van der Waals surface area contributed by atoms with Gasteiger partial charge in [0.05, 0.1) is 7.11 Å². The van der Waals surface area contributed by atoms with Gasteiger partial charge in [-0.1, -0.05) is 0 Å². The van der Waals surface area contributed by atoms with E-state index < -0.39 is 11.8 Å². The molecule has 0 rings (SSSR count). The maximum absolute atomic E-state index is 11.0. The van der Waals surface area contributed by atoms with Crippen LogP contribution in [0.25, 0.3) is 0 Å². The second-order valence-electron chi connectivity index (χ2n) is 2.76. The van der Waals surface area contributed by atoms with Gasteiger partial charge >= 0.3 is 5.97 Å². The van der Waals surface area contributed by atoms with Crippen molar-refractivity contribution in [2.24, 2.45) is 0 Å². The summed E-state index contributed by atoms with van der Waals surface area (Å²) in [4.78, 5) is 21.3. The number of methoxy groups -OCH3 is 1. The molecule has 0 aliphatic rings. The van der Waals surface area contributed by atoms with Crippen LogP contribution in [0.2, 0.25) is 0 Å². The topological polar surface area (TPSA) is 72.8 Å². The number of aliphatic hydroxyl groups is 1. The van der Waals surface area contributed by atoms with E-state index in [1.807, 2.05) is 0 Å². The molecule has 0 spiro atoms. The lowest BCUT2D eigenvalue weighted by Gasteiger charge is -2.17. The predicted molar refractivity (Wildman–Crippen MR) is 43.5 cm³/mol. The van der Waals surface area contributed by atoms with Crippen molar-refractivity contribution in [3.05, 3.63) is 11.8 Å². The summed E-state index contributed by atoms with van der Waals surface area (Å²) >= 11 is 0. The minimum absolute atomic E-state index is 0.287. The van der Waals surface area contributed by atoms with Crippen molar-refractivity contribution in [1.82, 2.24) is 0 Å². The van der Waals surface area contributed by atoms with E-state index in [0.29, 0.717) is 0 Å². The van der Waals surface area contributed by atoms with Crippen LogP contribution in [-0.2, 0) is 19.1 Å². The molecule has 5 heteroatoms. The monoisotopic (exact) mass is 188 g/mol. The molecule has 5 nitrogen and oxygen atoms in total. The fourth-order valence-electron chi connectivity index (χ4n) is 0.537. The van der Waals surface area contributed by atoms with Crippen molar-refractivity contribution in [3.63, 3.8) is 0 Å². The van der Waals surface area contributed by atoms with Gasteiger partial charge in [-0.05, 0) is 0 Å². The van der Waals surface area contributed by atoms with E-state index in [9.17, 15) is 9.59 Å². The summed E-state index contributed by atoms with van der Waals surface area (Å²) in [7, 11) is 1.29. The molecule has 0 atom stereocenters. The van der Waals surface area contributed by atoms with Crippen LogP contribution >= 0.6 is 0 Å². The molecule has 0 unspecified atom stereocenters. The summed E-state index contributed by atoms with van der Waals surface area (Å²) < 4.78 is 8.94. The Bertz CT molecular complexity index is 223. The summed E-state index contributed by atoms with van der Waals surface area (Å²) in [6.07, 6.45) is 1.23. The second-order valence-corrected chi connectivity index (χ2v) is 2.76. The zero-order valence-corrected chi connectivity index (χ0v) is 7.73. The SMILES string of the molecule is COC=C(C=O)C(=O)OC(C)(C)O. The third-order valence-corrected chi connectivity index (χ3v) is 0.950. The minimum Gasteiger partial charge on any atom is -0.503 e. The molecule has 13 heavy (non-hydrogen) atoms. The Balaban J connectivity index is 4.41. The molecule has 0 heterocycles. The molecule has 74 valence electrons. The second kappa shape index (κ2) is 4.61. The Labute approximate surface area is 75.9 Å². The van der Waals surface area contributed by atoms with Gasteiger partial charge in [-0.2, -0.15) is 0 Å². The van der Waals surface area contributed by atoms with Gasteiger partial charge in [-0.3, -0.25) is 4.79 Å². The quantitative estimate of drug-likeness (QED) is 0.128. The van der Waals surface area contributed by atoms with Gasteiger partial charge in [0.1, 0.15) is 11.8 Å². The van der Waals surface area contributed by atoms with Crippen LogP contribution in [0, 0.1) is 0 Å². The van der Waals surface area contributed by atoms with Gasteiger partial charge in [0.25, 0.3) is 0 Å². The van der Waals surface area contributed by atoms with Crippen LogP contribution in [0.1, 0.15) is 13.8 Å². The molecule has 0 bridgehead atoms. The van der Waals surface area contributed by atoms with Crippen LogP contribution in [0.3, 0.4) is 0 Å². The Morgan fingerprint density at radius 1 is 1.46 bits per heavy atom. The van der Waals surface area contributed by atoms with Gasteiger partial charge in [0, 0.05) is 13.8 Å². The van der Waals surface area contributed by atoms with E-state index >= 15 is 0 Å². The molecular weight excluding hydrogens is 176 g/mol. The molecule has 1 N–H and O–H groups in total. The maximum Gasteiger partial charge on any atom is 0.347 e. The van der Waals surface area contributed by atoms with E-state index in [2.05, 4.69) is 9.47 Å². The summed E-state index contributed by atoms with van der Waals surface area (Å²) in [5, 5.41) is 9.07. The molecule has 0 aromatic rings. The molecule has 0 radical (unpaired) electrons. The van der Waals surface area contributed by atoms with E-state index in [1.165, 1.54) is 21.0 Å². The van der Waals surface area contributed by atoms with Gasteiger partial charge < -0.3 is 14.6 Å². The molecular formula is C8H12O5. The number of ether oxygens (including phenoxy) is 2. The van der Waals surface area contributed by atoms with Crippen LogP contribution in [0.5, 0.6) is 0 Å². The fourth-order valence-corrected chi connectivity index (χ4v) is 0.537. The largest absolute Gasteiger partial charge is 0.503 e. The summed E-state index contributed by atoms with van der Waals surface area (Å²) in [6.45, 7) is 2.56. The highest BCUT2D eigenvalue weighted by molar-refractivity contribution is 6.07. The first-order valence-electron chi connectivity index (χ1n) is 3.54. The first-order valence-corrected chi connectivity index (χ1v) is 3.54. The smallest absolute Gasteiger partial charge is 0.347 e. The van der Waals surface area contributed by atoms with Crippen molar-refractivity contribution in [1.29, 1.82) is 0 Å². The van der Waals surface area contributed by atoms with Gasteiger partial charge in [0.2, 0.25) is 5.79 Å². The van der Waals surface area contributed by atoms with E-state index in [1.54, 1.807) is 0 Å². The highest BCUT2D eigenvalue weighted by Gasteiger charge is 2.21. The Kier molecular flexibility index (Phi) is 4.13. The van der Waals surface area contributed by atoms with Crippen molar-refractivity contribution in [2.45, 2.75) is 19.6 Å². The van der Waals surface area contributed by atoms with Crippen molar-refractivity contribution < 1.29 is 24.2 Å². The number of hydrogen-bond donors (Lipinski definition) is 1. The first-order chi connectivity index (χ1) is 5.90. The van der Waals surface area contributed by atoms with Crippen molar-refractivity contribution >= 4 is 12.3 Å².